The van der Waals surface area contributed by atoms with E-state index >= 15 is 0 Å². The largest absolute Gasteiger partial charge is 0.467 e. The lowest BCUT2D eigenvalue weighted by Crippen LogP contribution is -2.58. The minimum atomic E-state index is -1.01. The lowest BCUT2D eigenvalue weighted by atomic mass is 9.75. The molecule has 1 saturated heterocycles. The zero-order chi connectivity index (χ0) is 38.1. The number of benzene rings is 3. The second-order valence-corrected chi connectivity index (χ2v) is 17.4. The number of carbonyl (C=O) groups is 3. The summed E-state index contributed by atoms with van der Waals surface area (Å²) >= 11 is 1.69. The minimum Gasteiger partial charge on any atom is -0.467 e. The molecule has 2 atom stereocenters. The molecule has 0 aromatic heterocycles. The Morgan fingerprint density at radius 1 is 0.811 bits per heavy atom. The van der Waals surface area contributed by atoms with Crippen LogP contribution in [0.15, 0.2) is 91.0 Å². The number of ether oxygens (including phenoxy) is 4. The quantitative estimate of drug-likeness (QED) is 0.126. The Kier molecular flexibility index (Phi) is 13.3. The highest BCUT2D eigenvalue weighted by Crippen LogP contribution is 2.49. The molecule has 0 unspecified atom stereocenters. The van der Waals surface area contributed by atoms with E-state index < -0.39 is 52.1 Å². The number of nitrogens with one attached hydrogen (secondary N) is 2. The molecule has 9 nitrogen and oxygen atoms in total. The molecule has 2 fully saturated rings. The highest BCUT2D eigenvalue weighted by Gasteiger charge is 2.49. The Morgan fingerprint density at radius 2 is 1.30 bits per heavy atom. The van der Waals surface area contributed by atoms with Crippen LogP contribution in [-0.4, -0.2) is 68.0 Å². The van der Waals surface area contributed by atoms with Crippen LogP contribution in [0.3, 0.4) is 0 Å². The van der Waals surface area contributed by atoms with E-state index in [9.17, 15) is 14.4 Å². The van der Waals surface area contributed by atoms with Crippen molar-refractivity contribution in [2.24, 2.45) is 10.8 Å². The third-order valence-electron chi connectivity index (χ3n) is 10.1. The van der Waals surface area contributed by atoms with Crippen molar-refractivity contribution in [2.45, 2.75) is 102 Å². The second-order valence-electron chi connectivity index (χ2n) is 16.1. The van der Waals surface area contributed by atoms with Crippen LogP contribution in [0.25, 0.3) is 0 Å². The van der Waals surface area contributed by atoms with Gasteiger partial charge in [-0.1, -0.05) is 118 Å². The van der Waals surface area contributed by atoms with E-state index in [1.807, 2.05) is 54.6 Å². The van der Waals surface area contributed by atoms with E-state index in [1.54, 1.807) is 32.5 Å². The predicted molar refractivity (Wildman–Crippen MR) is 208 cm³/mol. The number of amides is 2. The smallest absolute Gasteiger partial charge is 0.408 e. The van der Waals surface area contributed by atoms with Crippen LogP contribution < -0.4 is 10.6 Å². The molecule has 2 amide bonds. The zero-order valence-corrected chi connectivity index (χ0v) is 32.8. The molecule has 286 valence electrons. The number of methoxy groups -OCH3 is 1. The lowest BCUT2D eigenvalue weighted by Gasteiger charge is -2.42. The van der Waals surface area contributed by atoms with Gasteiger partial charge in [-0.15, -0.1) is 11.8 Å². The highest BCUT2D eigenvalue weighted by atomic mass is 32.2. The lowest BCUT2D eigenvalue weighted by molar-refractivity contribution is -0.235. The molecule has 10 heteroatoms. The van der Waals surface area contributed by atoms with Crippen molar-refractivity contribution in [3.8, 4) is 0 Å². The summed E-state index contributed by atoms with van der Waals surface area (Å²) in [5, 5.41) is 5.91. The van der Waals surface area contributed by atoms with Crippen molar-refractivity contribution in [3.05, 3.63) is 108 Å². The standard InChI is InChI=1S/C43H56N2O7S/c1-40(2,3)52-39(48)44-34(37(46)45-36(38(47)49-6)42(25-16-17-26-42)28-35-50-29-41(4,5)30-51-35)24-27-53-43(31-18-10-7-11-19-31,32-20-12-8-13-21-32)33-22-14-9-15-23-33/h7-15,18-23,34-36H,16-17,24-30H2,1-6H3,(H,44,48)(H,45,46)/t34-,36+/m0/s1. The fourth-order valence-corrected chi connectivity index (χ4v) is 9.07. The van der Waals surface area contributed by atoms with Crippen LogP contribution in [0, 0.1) is 10.8 Å². The average molecular weight is 745 g/mol. The third kappa shape index (κ3) is 10.2. The Bertz CT molecular complexity index is 1530. The molecule has 5 rings (SSSR count). The molecule has 3 aromatic carbocycles. The monoisotopic (exact) mass is 744 g/mol. The highest BCUT2D eigenvalue weighted by molar-refractivity contribution is 8.00. The van der Waals surface area contributed by atoms with Gasteiger partial charge in [-0.3, -0.25) is 4.79 Å². The van der Waals surface area contributed by atoms with E-state index in [4.69, 9.17) is 18.9 Å². The van der Waals surface area contributed by atoms with E-state index in [2.05, 4.69) is 60.9 Å². The Balaban J connectivity index is 1.44. The number of rotatable bonds is 14. The molecular formula is C43H56N2O7S. The van der Waals surface area contributed by atoms with Gasteiger partial charge in [0.15, 0.2) is 6.29 Å². The molecule has 0 radical (unpaired) electrons. The summed E-state index contributed by atoms with van der Waals surface area (Å²) in [6, 6.07) is 29.0. The van der Waals surface area contributed by atoms with Gasteiger partial charge in [-0.05, 0) is 62.5 Å². The first kappa shape index (κ1) is 40.3. The summed E-state index contributed by atoms with van der Waals surface area (Å²) in [7, 11) is 1.34. The third-order valence-corrected chi connectivity index (χ3v) is 11.7. The fraction of sp³-hybridized carbons (Fsp3) is 0.512. The molecule has 2 N–H and O–H groups in total. The molecular weight excluding hydrogens is 689 g/mol. The minimum absolute atomic E-state index is 0.104. The van der Waals surface area contributed by atoms with Crippen LogP contribution in [0.5, 0.6) is 0 Å². The molecule has 1 aliphatic carbocycles. The second kappa shape index (κ2) is 17.5. The molecule has 1 aliphatic heterocycles. The van der Waals surface area contributed by atoms with Crippen molar-refractivity contribution in [1.82, 2.24) is 10.6 Å². The van der Waals surface area contributed by atoms with E-state index in [-0.39, 0.29) is 11.8 Å². The van der Waals surface area contributed by atoms with Crippen LogP contribution in [0.1, 0.15) is 89.8 Å². The topological polar surface area (TPSA) is 112 Å². The van der Waals surface area contributed by atoms with Gasteiger partial charge >= 0.3 is 12.1 Å². The zero-order valence-electron chi connectivity index (χ0n) is 32.0. The van der Waals surface area contributed by atoms with Gasteiger partial charge in [0.2, 0.25) is 5.91 Å². The van der Waals surface area contributed by atoms with Crippen LogP contribution in [0.4, 0.5) is 4.79 Å². The Morgan fingerprint density at radius 3 is 1.75 bits per heavy atom. The summed E-state index contributed by atoms with van der Waals surface area (Å²) in [5.41, 5.74) is 1.75. The summed E-state index contributed by atoms with van der Waals surface area (Å²) < 4.78 is 22.6. The summed E-state index contributed by atoms with van der Waals surface area (Å²) in [6.07, 6.45) is 2.70. The number of hydrogen-bond donors (Lipinski definition) is 2. The molecule has 0 spiro atoms. The van der Waals surface area contributed by atoms with Crippen molar-refractivity contribution in [2.75, 3.05) is 26.1 Å². The number of carbonyl (C=O) groups excluding carboxylic acids is 3. The number of alkyl carbamates (subject to hydrolysis) is 1. The van der Waals surface area contributed by atoms with Crippen molar-refractivity contribution in [3.63, 3.8) is 0 Å². The van der Waals surface area contributed by atoms with Crippen LogP contribution >= 0.6 is 11.8 Å². The summed E-state index contributed by atoms with van der Waals surface area (Å²) in [4.78, 5) is 41.3. The van der Waals surface area contributed by atoms with Crippen molar-refractivity contribution >= 4 is 29.7 Å². The maximum Gasteiger partial charge on any atom is 0.408 e. The van der Waals surface area contributed by atoms with E-state index in [0.29, 0.717) is 38.2 Å². The summed E-state index contributed by atoms with van der Waals surface area (Å²) in [5.74, 6) is -0.535. The SMILES string of the molecule is COC(=O)[C@@H](NC(=O)[C@H](CCSC(c1ccccc1)(c1ccccc1)c1ccccc1)NC(=O)OC(C)(C)C)C1(CC2OCC(C)(C)CO2)CCCC1. The van der Waals surface area contributed by atoms with Crippen LogP contribution in [-0.2, 0) is 33.3 Å². The van der Waals surface area contributed by atoms with Gasteiger partial charge in [0.05, 0.1) is 25.1 Å². The van der Waals surface area contributed by atoms with Gasteiger partial charge in [-0.2, -0.15) is 0 Å². The maximum atomic E-state index is 14.5. The fourth-order valence-electron chi connectivity index (χ4n) is 7.51. The van der Waals surface area contributed by atoms with E-state index in [1.165, 1.54) is 7.11 Å². The first-order valence-electron chi connectivity index (χ1n) is 18.7. The molecule has 1 saturated carbocycles. The maximum absolute atomic E-state index is 14.5. The molecule has 0 bridgehead atoms. The Labute approximate surface area is 319 Å². The molecule has 1 heterocycles. The van der Waals surface area contributed by atoms with E-state index in [0.717, 1.165) is 29.5 Å². The first-order chi connectivity index (χ1) is 25.3. The molecule has 53 heavy (non-hydrogen) atoms. The van der Waals surface area contributed by atoms with Crippen LogP contribution in [0.2, 0.25) is 0 Å². The van der Waals surface area contributed by atoms with Crippen molar-refractivity contribution < 1.29 is 33.3 Å². The predicted octanol–water partition coefficient (Wildman–Crippen LogP) is 8.00. The normalized spacial score (nSPS) is 18.4. The van der Waals surface area contributed by atoms with Gasteiger partial charge in [0.25, 0.3) is 0 Å². The number of esters is 1. The van der Waals surface area contributed by atoms with Gasteiger partial charge in [-0.25, -0.2) is 9.59 Å². The number of hydrogen-bond acceptors (Lipinski definition) is 8. The average Bonchev–Trinajstić information content (AvgIpc) is 3.62. The molecule has 3 aromatic rings. The van der Waals surface area contributed by atoms with Gasteiger partial charge in [0, 0.05) is 17.3 Å². The first-order valence-corrected chi connectivity index (χ1v) is 19.7. The Hall–Kier alpha value is -3.86. The summed E-state index contributed by atoms with van der Waals surface area (Å²) in [6.45, 7) is 10.6. The molecule has 2 aliphatic rings. The number of thioether (sulfide) groups is 1. The van der Waals surface area contributed by atoms with Gasteiger partial charge in [0.1, 0.15) is 17.7 Å². The van der Waals surface area contributed by atoms with Gasteiger partial charge < -0.3 is 29.6 Å². The van der Waals surface area contributed by atoms with Crippen molar-refractivity contribution in [1.29, 1.82) is 0 Å².